The Morgan fingerprint density at radius 1 is 1.36 bits per heavy atom. The van der Waals surface area contributed by atoms with Gasteiger partial charge in [0.2, 0.25) is 0 Å². The summed E-state index contributed by atoms with van der Waals surface area (Å²) in [5.74, 6) is 0.137. The third-order valence-corrected chi connectivity index (χ3v) is 5.48. The number of halogens is 1. The van der Waals surface area contributed by atoms with Gasteiger partial charge in [0.1, 0.15) is 5.75 Å². The zero-order valence-electron chi connectivity index (χ0n) is 15.4. The van der Waals surface area contributed by atoms with Crippen molar-refractivity contribution in [2.24, 2.45) is 4.99 Å². The summed E-state index contributed by atoms with van der Waals surface area (Å²) < 4.78 is 7.34. The summed E-state index contributed by atoms with van der Waals surface area (Å²) in [6, 6.07) is 4.98. The van der Waals surface area contributed by atoms with Crippen LogP contribution < -0.4 is 9.54 Å². The molecule has 0 spiro atoms. The number of carbonyl (C=O) groups is 1. The van der Waals surface area contributed by atoms with Gasteiger partial charge in [-0.2, -0.15) is 4.99 Å². The highest BCUT2D eigenvalue weighted by Crippen LogP contribution is 2.25. The molecule has 136 valence electrons. The number of aryl methyl sites for hydroxylation is 1. The van der Waals surface area contributed by atoms with E-state index < -0.39 is 0 Å². The maximum atomic E-state index is 12.7. The van der Waals surface area contributed by atoms with Gasteiger partial charge >= 0.3 is 0 Å². The standard InChI is InChI=1S/C19H25ClN2O2S/c1-6-7-10-22-12-16(19(2,3)4)25-18(22)21-17(23)14-11-13(20)8-9-15(14)24-5/h8-9,11-12H,6-7,10H2,1-5H3. The molecule has 0 aliphatic carbocycles. The fraction of sp³-hybridized carbons (Fsp3) is 0.474. The van der Waals surface area contributed by atoms with Crippen LogP contribution >= 0.6 is 22.9 Å². The van der Waals surface area contributed by atoms with Crippen molar-refractivity contribution in [3.05, 3.63) is 44.7 Å². The van der Waals surface area contributed by atoms with Crippen LogP contribution in [0.3, 0.4) is 0 Å². The molecule has 1 aromatic carbocycles. The van der Waals surface area contributed by atoms with Crippen LogP contribution in [0.4, 0.5) is 0 Å². The minimum atomic E-state index is -0.341. The molecule has 6 heteroatoms. The molecule has 2 aromatic rings. The second kappa shape index (κ2) is 8.19. The predicted molar refractivity (Wildman–Crippen MR) is 104 cm³/mol. The lowest BCUT2D eigenvalue weighted by Crippen LogP contribution is -2.16. The van der Waals surface area contributed by atoms with E-state index in [1.807, 2.05) is 0 Å². The SMILES string of the molecule is CCCCn1cc(C(C)(C)C)sc1=NC(=O)c1cc(Cl)ccc1OC. The zero-order valence-corrected chi connectivity index (χ0v) is 17.0. The summed E-state index contributed by atoms with van der Waals surface area (Å²) in [5.41, 5.74) is 0.395. The van der Waals surface area contributed by atoms with Crippen LogP contribution in [0.1, 0.15) is 55.8 Å². The lowest BCUT2D eigenvalue weighted by molar-refractivity contribution is 0.0995. The number of nitrogens with zero attached hydrogens (tertiary/aromatic N) is 2. The van der Waals surface area contributed by atoms with Crippen LogP contribution in [-0.4, -0.2) is 17.6 Å². The molecule has 2 rings (SSSR count). The van der Waals surface area contributed by atoms with Crippen molar-refractivity contribution in [3.63, 3.8) is 0 Å². The Balaban J connectivity index is 2.50. The molecule has 0 bridgehead atoms. The third kappa shape index (κ3) is 4.95. The van der Waals surface area contributed by atoms with Gasteiger partial charge in [-0.1, -0.05) is 45.7 Å². The average Bonchev–Trinajstić information content (AvgIpc) is 2.95. The molecule has 25 heavy (non-hydrogen) atoms. The number of ether oxygens (including phenoxy) is 1. The number of aromatic nitrogens is 1. The van der Waals surface area contributed by atoms with E-state index in [4.69, 9.17) is 16.3 Å². The Morgan fingerprint density at radius 3 is 2.68 bits per heavy atom. The number of hydrogen-bond donors (Lipinski definition) is 0. The molecule has 4 nitrogen and oxygen atoms in total. The van der Waals surface area contributed by atoms with Crippen LogP contribution in [0.15, 0.2) is 29.4 Å². The van der Waals surface area contributed by atoms with E-state index in [-0.39, 0.29) is 11.3 Å². The monoisotopic (exact) mass is 380 g/mol. The van der Waals surface area contributed by atoms with Crippen LogP contribution in [0.25, 0.3) is 0 Å². The largest absolute Gasteiger partial charge is 0.496 e. The topological polar surface area (TPSA) is 43.6 Å². The maximum Gasteiger partial charge on any atom is 0.283 e. The molecule has 0 fully saturated rings. The molecular formula is C19H25ClN2O2S. The molecule has 0 N–H and O–H groups in total. The van der Waals surface area contributed by atoms with Crippen molar-refractivity contribution in [1.29, 1.82) is 0 Å². The predicted octanol–water partition coefficient (Wildman–Crippen LogP) is 5.05. The maximum absolute atomic E-state index is 12.7. The van der Waals surface area contributed by atoms with Gasteiger partial charge in [0.25, 0.3) is 5.91 Å². The number of methoxy groups -OCH3 is 1. The van der Waals surface area contributed by atoms with Gasteiger partial charge in [-0.25, -0.2) is 0 Å². The van der Waals surface area contributed by atoms with E-state index in [0.717, 1.165) is 19.4 Å². The molecule has 1 amide bonds. The molecule has 1 heterocycles. The van der Waals surface area contributed by atoms with Crippen molar-refractivity contribution in [3.8, 4) is 5.75 Å². The van der Waals surface area contributed by atoms with Gasteiger partial charge in [0.05, 0.1) is 12.7 Å². The fourth-order valence-electron chi connectivity index (χ4n) is 2.30. The Hall–Kier alpha value is -1.59. The van der Waals surface area contributed by atoms with Crippen molar-refractivity contribution >= 4 is 28.8 Å². The number of hydrogen-bond acceptors (Lipinski definition) is 3. The van der Waals surface area contributed by atoms with E-state index in [2.05, 4.69) is 43.5 Å². The van der Waals surface area contributed by atoms with E-state index in [9.17, 15) is 4.79 Å². The highest BCUT2D eigenvalue weighted by molar-refractivity contribution is 7.09. The number of thiazole rings is 1. The number of benzene rings is 1. The Kier molecular flexibility index (Phi) is 6.47. The molecule has 0 aliphatic rings. The first-order valence-corrected chi connectivity index (χ1v) is 9.59. The smallest absolute Gasteiger partial charge is 0.283 e. The second-order valence-electron chi connectivity index (χ2n) is 6.94. The number of carbonyl (C=O) groups excluding carboxylic acids is 1. The molecule has 0 atom stereocenters. The average molecular weight is 381 g/mol. The normalized spacial score (nSPS) is 12.5. The van der Waals surface area contributed by atoms with Crippen molar-refractivity contribution in [1.82, 2.24) is 4.57 Å². The molecule has 0 radical (unpaired) electrons. The van der Waals surface area contributed by atoms with Crippen LogP contribution in [0, 0.1) is 0 Å². The van der Waals surface area contributed by atoms with Crippen molar-refractivity contribution in [2.75, 3.05) is 7.11 Å². The first-order valence-electron chi connectivity index (χ1n) is 8.39. The van der Waals surface area contributed by atoms with Crippen LogP contribution in [0.2, 0.25) is 5.02 Å². The molecule has 0 saturated heterocycles. The summed E-state index contributed by atoms with van der Waals surface area (Å²) in [6.45, 7) is 9.48. The highest BCUT2D eigenvalue weighted by Gasteiger charge is 2.19. The molecule has 0 aliphatic heterocycles. The third-order valence-electron chi connectivity index (χ3n) is 3.80. The minimum Gasteiger partial charge on any atom is -0.496 e. The quantitative estimate of drug-likeness (QED) is 0.728. The van der Waals surface area contributed by atoms with Gasteiger partial charge in [0.15, 0.2) is 4.80 Å². The zero-order chi connectivity index (χ0) is 18.6. The number of rotatable bonds is 5. The van der Waals surface area contributed by atoms with Gasteiger partial charge in [-0.05, 0) is 30.0 Å². The Bertz CT molecular complexity index is 816. The molecular weight excluding hydrogens is 356 g/mol. The second-order valence-corrected chi connectivity index (χ2v) is 8.38. The summed E-state index contributed by atoms with van der Waals surface area (Å²) >= 11 is 7.59. The fourth-order valence-corrected chi connectivity index (χ4v) is 3.54. The lowest BCUT2D eigenvalue weighted by Gasteiger charge is -2.14. The molecule has 0 unspecified atom stereocenters. The summed E-state index contributed by atoms with van der Waals surface area (Å²) in [7, 11) is 1.53. The first-order chi connectivity index (χ1) is 11.8. The summed E-state index contributed by atoms with van der Waals surface area (Å²) in [5, 5.41) is 0.486. The minimum absolute atomic E-state index is 0.0171. The van der Waals surface area contributed by atoms with Crippen molar-refractivity contribution < 1.29 is 9.53 Å². The number of unbranched alkanes of at least 4 members (excludes halogenated alkanes) is 1. The van der Waals surface area contributed by atoms with E-state index in [1.54, 1.807) is 29.5 Å². The first kappa shape index (κ1) is 19.7. The van der Waals surface area contributed by atoms with Crippen LogP contribution in [-0.2, 0) is 12.0 Å². The van der Waals surface area contributed by atoms with E-state index >= 15 is 0 Å². The van der Waals surface area contributed by atoms with E-state index in [0.29, 0.717) is 21.1 Å². The molecule has 0 saturated carbocycles. The molecule has 1 aromatic heterocycles. The van der Waals surface area contributed by atoms with Crippen molar-refractivity contribution in [2.45, 2.75) is 52.5 Å². The van der Waals surface area contributed by atoms with Gasteiger partial charge < -0.3 is 9.30 Å². The summed E-state index contributed by atoms with van der Waals surface area (Å²) in [4.78, 5) is 19.0. The van der Waals surface area contributed by atoms with Gasteiger partial charge in [0, 0.05) is 22.6 Å². The highest BCUT2D eigenvalue weighted by atomic mass is 35.5. The Labute approximate surface area is 158 Å². The summed E-state index contributed by atoms with van der Waals surface area (Å²) in [6.07, 6.45) is 4.24. The van der Waals surface area contributed by atoms with Crippen LogP contribution in [0.5, 0.6) is 5.75 Å². The Morgan fingerprint density at radius 2 is 2.08 bits per heavy atom. The van der Waals surface area contributed by atoms with Gasteiger partial charge in [-0.3, -0.25) is 4.79 Å². The lowest BCUT2D eigenvalue weighted by atomic mass is 9.95. The van der Waals surface area contributed by atoms with E-state index in [1.165, 1.54) is 12.0 Å². The number of amides is 1. The van der Waals surface area contributed by atoms with Gasteiger partial charge in [-0.15, -0.1) is 11.3 Å².